The van der Waals surface area contributed by atoms with E-state index < -0.39 is 13.0 Å². The van der Waals surface area contributed by atoms with Gasteiger partial charge in [-0.15, -0.1) is 0 Å². The first kappa shape index (κ1) is 15.7. The van der Waals surface area contributed by atoms with Crippen LogP contribution in [0.2, 0.25) is 0 Å². The average Bonchev–Trinajstić information content (AvgIpc) is 0.722. The van der Waals surface area contributed by atoms with Crippen LogP contribution in [-0.2, 0) is 24.5 Å². The standard InChI is InChI=1S/Mn.Na.H2O.4O/h;;1H2;;;;/q;+1;;;;;-1. The van der Waals surface area contributed by atoms with Crippen molar-refractivity contribution >= 4 is 0 Å². The normalized spacial score (nSPS) is 8.14. The fraction of sp³-hybridized carbons (Fsp3) is 0. The fourth-order valence-electron chi connectivity index (χ4n) is 0. The Balaban J connectivity index is -0.0000000800. The third-order valence-electron chi connectivity index (χ3n) is 0. The van der Waals surface area contributed by atoms with E-state index >= 15 is 0 Å². The van der Waals surface area contributed by atoms with Gasteiger partial charge in [-0.2, -0.15) is 0 Å². The molecule has 0 aromatic carbocycles. The Hall–Kier alpha value is 0.839. The summed E-state index contributed by atoms with van der Waals surface area (Å²) >= 11 is -5.62. The quantitative estimate of drug-likeness (QED) is 0.329. The average molecular weight is 160 g/mol. The molecule has 7 heteroatoms. The number of hydrogen-bond donors (Lipinski definition) is 0. The summed E-state index contributed by atoms with van der Waals surface area (Å²) < 4.78 is 34.3. The van der Waals surface area contributed by atoms with Gasteiger partial charge in [0.2, 0.25) is 0 Å². The Labute approximate surface area is 63.5 Å². The molecular weight excluding hydrogens is 158 g/mol. The summed E-state index contributed by atoms with van der Waals surface area (Å²) in [5.74, 6) is 0. The second kappa shape index (κ2) is 4.99. The molecule has 0 saturated heterocycles. The molecule has 7 heavy (non-hydrogen) atoms. The molecule has 0 amide bonds. The molecule has 0 atom stereocenters. The molecule has 0 spiro atoms. The van der Waals surface area contributed by atoms with Crippen LogP contribution in [0.15, 0.2) is 0 Å². The van der Waals surface area contributed by atoms with Gasteiger partial charge in [0.05, 0.1) is 0 Å². The van der Waals surface area contributed by atoms with Crippen LogP contribution < -0.4 is 33.7 Å². The van der Waals surface area contributed by atoms with E-state index in [1.54, 1.807) is 0 Å². The molecule has 0 saturated carbocycles. The van der Waals surface area contributed by atoms with Gasteiger partial charge < -0.3 is 5.48 Å². The molecule has 0 rings (SSSR count). The monoisotopic (exact) mass is 160 g/mol. The summed E-state index contributed by atoms with van der Waals surface area (Å²) in [5, 5.41) is 0. The van der Waals surface area contributed by atoms with Gasteiger partial charge in [0.15, 0.2) is 0 Å². The van der Waals surface area contributed by atoms with Crippen LogP contribution in [0.4, 0.5) is 0 Å². The molecular formula is H2MnNaO5. The molecule has 0 heterocycles. The van der Waals surface area contributed by atoms with Crippen molar-refractivity contribution in [2.45, 2.75) is 0 Å². The van der Waals surface area contributed by atoms with Crippen molar-refractivity contribution in [3.63, 3.8) is 0 Å². The zero-order chi connectivity index (χ0) is 4.50. The van der Waals surface area contributed by atoms with Crippen LogP contribution >= 0.6 is 0 Å². The molecule has 0 aromatic rings. The molecule has 0 bridgehead atoms. The third kappa shape index (κ3) is 227. The SMILES string of the molecule is O.[Na+].[O]=[Mn](=[O])(=[O])[O-]. The van der Waals surface area contributed by atoms with Gasteiger partial charge in [0, 0.05) is 0 Å². The van der Waals surface area contributed by atoms with Gasteiger partial charge in [-0.1, -0.05) is 0 Å². The van der Waals surface area contributed by atoms with Crippen molar-refractivity contribution in [3.8, 4) is 0 Å². The zero-order valence-corrected chi connectivity index (χ0v) is 6.69. The molecule has 0 aliphatic carbocycles. The van der Waals surface area contributed by atoms with E-state index in [2.05, 4.69) is 0 Å². The van der Waals surface area contributed by atoms with Gasteiger partial charge in [0.1, 0.15) is 0 Å². The third-order valence-corrected chi connectivity index (χ3v) is 0. The molecule has 2 N–H and O–H groups in total. The minimum absolute atomic E-state index is 0. The van der Waals surface area contributed by atoms with E-state index in [0.717, 1.165) is 0 Å². The van der Waals surface area contributed by atoms with Gasteiger partial charge in [0.25, 0.3) is 0 Å². The van der Waals surface area contributed by atoms with Gasteiger partial charge in [-0.25, -0.2) is 0 Å². The molecule has 5 nitrogen and oxygen atoms in total. The topological polar surface area (TPSA) is 106 Å². The minimum atomic E-state index is -5.62. The Morgan fingerprint density at radius 3 is 1.14 bits per heavy atom. The van der Waals surface area contributed by atoms with E-state index in [-0.39, 0.29) is 35.0 Å². The van der Waals surface area contributed by atoms with Crippen molar-refractivity contribution in [3.05, 3.63) is 0 Å². The number of hydrogen-bond acceptors (Lipinski definition) is 4. The Bertz CT molecular complexity index is 129. The van der Waals surface area contributed by atoms with E-state index in [9.17, 15) is 0 Å². The van der Waals surface area contributed by atoms with Gasteiger partial charge in [-0.3, -0.25) is 0 Å². The molecule has 0 aliphatic rings. The van der Waals surface area contributed by atoms with Crippen LogP contribution in [0.3, 0.4) is 0 Å². The number of rotatable bonds is 0. The summed E-state index contributed by atoms with van der Waals surface area (Å²) in [5.41, 5.74) is 0. The van der Waals surface area contributed by atoms with Crippen LogP contribution in [0, 0.1) is 0 Å². The van der Waals surface area contributed by atoms with Gasteiger partial charge >= 0.3 is 58.2 Å². The fourth-order valence-corrected chi connectivity index (χ4v) is 0. The first-order valence-corrected chi connectivity index (χ1v) is 2.54. The molecule has 0 unspecified atom stereocenters. The Morgan fingerprint density at radius 1 is 1.14 bits per heavy atom. The van der Waals surface area contributed by atoms with E-state index in [0.29, 0.717) is 0 Å². The van der Waals surface area contributed by atoms with Crippen LogP contribution in [0.1, 0.15) is 0 Å². The summed E-state index contributed by atoms with van der Waals surface area (Å²) in [6.07, 6.45) is 0. The Morgan fingerprint density at radius 2 is 1.14 bits per heavy atom. The zero-order valence-electron chi connectivity index (χ0n) is 3.51. The van der Waals surface area contributed by atoms with Crippen molar-refractivity contribution < 1.29 is 63.7 Å². The predicted molar refractivity (Wildman–Crippen MR) is 5.67 cm³/mol. The maximum atomic E-state index is 8.58. The second-order valence-electron chi connectivity index (χ2n) is 0.378. The molecule has 0 aliphatic heterocycles. The van der Waals surface area contributed by atoms with E-state index in [1.165, 1.54) is 0 Å². The summed E-state index contributed by atoms with van der Waals surface area (Å²) in [7, 11) is 0. The van der Waals surface area contributed by atoms with Crippen LogP contribution in [0.25, 0.3) is 0 Å². The van der Waals surface area contributed by atoms with Crippen LogP contribution in [0.5, 0.6) is 0 Å². The first-order valence-electron chi connectivity index (χ1n) is 0.617. The van der Waals surface area contributed by atoms with Crippen molar-refractivity contribution in [2.24, 2.45) is 0 Å². The van der Waals surface area contributed by atoms with E-state index in [1.807, 2.05) is 0 Å². The summed E-state index contributed by atoms with van der Waals surface area (Å²) in [4.78, 5) is 0. The molecule has 0 radical (unpaired) electrons. The van der Waals surface area contributed by atoms with Crippen molar-refractivity contribution in [1.82, 2.24) is 0 Å². The first-order chi connectivity index (χ1) is 2.00. The predicted octanol–water partition coefficient (Wildman–Crippen LogP) is -5.37. The molecule has 0 aromatic heterocycles. The van der Waals surface area contributed by atoms with Crippen molar-refractivity contribution in [1.29, 1.82) is 0 Å². The Kier molecular flexibility index (Phi) is 11.2. The molecule has 40 valence electrons. The van der Waals surface area contributed by atoms with E-state index in [4.69, 9.17) is 15.7 Å². The van der Waals surface area contributed by atoms with Crippen LogP contribution in [-0.4, -0.2) is 5.48 Å². The summed E-state index contributed by atoms with van der Waals surface area (Å²) in [6.45, 7) is 0. The van der Waals surface area contributed by atoms with Crippen molar-refractivity contribution in [2.75, 3.05) is 0 Å². The maximum absolute atomic E-state index is 8.58. The van der Waals surface area contributed by atoms with Gasteiger partial charge in [-0.05, 0) is 0 Å². The summed E-state index contributed by atoms with van der Waals surface area (Å²) in [6, 6.07) is 0. The second-order valence-corrected chi connectivity index (χ2v) is 1.56. The molecule has 0 fully saturated rings.